The first-order valence-electron chi connectivity index (χ1n) is 13.3. The molecule has 0 saturated heterocycles. The maximum absolute atomic E-state index is 11.0. The molecule has 0 aliphatic rings. The molecule has 32 heavy (non-hydrogen) atoms. The first-order valence-corrected chi connectivity index (χ1v) is 13.3. The van der Waals surface area contributed by atoms with Gasteiger partial charge in [-0.2, -0.15) is 0 Å². The summed E-state index contributed by atoms with van der Waals surface area (Å²) < 4.78 is 4.78. The number of hydrogen-bond donors (Lipinski definition) is 1. The summed E-state index contributed by atoms with van der Waals surface area (Å²) in [5.74, 6) is -1.63. The van der Waals surface area contributed by atoms with Crippen molar-refractivity contribution in [3.8, 4) is 0 Å². The number of carbonyl (C=O) groups is 2. The molecular weight excluding hydrogens is 400 g/mol. The van der Waals surface area contributed by atoms with E-state index in [1.54, 1.807) is 0 Å². The summed E-state index contributed by atoms with van der Waals surface area (Å²) in [6.45, 7) is 3.51. The van der Waals surface area contributed by atoms with E-state index in [2.05, 4.69) is 25.2 Å². The van der Waals surface area contributed by atoms with E-state index in [1.165, 1.54) is 103 Å². The van der Waals surface area contributed by atoms with Crippen molar-refractivity contribution in [1.82, 2.24) is 0 Å². The third-order valence-electron chi connectivity index (χ3n) is 5.74. The molecule has 0 rings (SSSR count). The molecule has 0 aliphatic carbocycles. The zero-order chi connectivity index (χ0) is 23.7. The molecule has 0 amide bonds. The molecule has 0 aromatic carbocycles. The molecule has 0 bridgehead atoms. The predicted octanol–water partition coefficient (Wildman–Crippen LogP) is 8.55. The summed E-state index contributed by atoms with van der Waals surface area (Å²) in [4.78, 5) is 21.8. The zero-order valence-corrected chi connectivity index (χ0v) is 21.0. The average Bonchev–Trinajstić information content (AvgIpc) is 2.76. The second-order valence-electron chi connectivity index (χ2n) is 8.92. The Hall–Kier alpha value is -1.58. The first kappa shape index (κ1) is 30.4. The Morgan fingerprint density at radius 2 is 1.06 bits per heavy atom. The van der Waals surface area contributed by atoms with Gasteiger partial charge in [0, 0.05) is 6.92 Å². The van der Waals surface area contributed by atoms with E-state index in [1.807, 2.05) is 6.08 Å². The molecule has 0 aliphatic heterocycles. The van der Waals surface area contributed by atoms with Gasteiger partial charge in [0.1, 0.15) is 0 Å². The van der Waals surface area contributed by atoms with E-state index in [4.69, 9.17) is 9.84 Å². The minimum atomic E-state index is -1.08. The van der Waals surface area contributed by atoms with Crippen LogP contribution in [0.5, 0.6) is 0 Å². The first-order chi connectivity index (χ1) is 15.6. The van der Waals surface area contributed by atoms with Crippen molar-refractivity contribution in [2.24, 2.45) is 0 Å². The Labute approximate surface area is 197 Å². The van der Waals surface area contributed by atoms with Crippen LogP contribution in [0.3, 0.4) is 0 Å². The average molecular weight is 451 g/mol. The SMILES string of the molecule is CCCCCCCCCCCCCCCC/C=C\CC/C=C\CC[C@H](OC(C)=O)C(=O)O. The van der Waals surface area contributed by atoms with Crippen molar-refractivity contribution in [2.75, 3.05) is 0 Å². The number of hydrogen-bond acceptors (Lipinski definition) is 3. The molecule has 0 saturated carbocycles. The highest BCUT2D eigenvalue weighted by molar-refractivity contribution is 5.76. The maximum atomic E-state index is 11.0. The van der Waals surface area contributed by atoms with Gasteiger partial charge in [-0.3, -0.25) is 4.79 Å². The number of carbonyl (C=O) groups excluding carboxylic acids is 1. The van der Waals surface area contributed by atoms with Crippen molar-refractivity contribution >= 4 is 11.9 Å². The second-order valence-corrected chi connectivity index (χ2v) is 8.92. The van der Waals surface area contributed by atoms with E-state index in [0.717, 1.165) is 12.8 Å². The standard InChI is InChI=1S/C28H50O4/c1-3-4-5-6-7-8-9-10-11-12-13-14-15-16-17-18-19-20-21-22-23-24-25-27(28(30)31)32-26(2)29/h18-19,22-23,27H,3-17,20-21,24-25H2,1-2H3,(H,30,31)/b19-18-,23-22-/t27-/m0/s1. The summed E-state index contributed by atoms with van der Waals surface area (Å²) in [7, 11) is 0. The van der Waals surface area contributed by atoms with Crippen molar-refractivity contribution in [2.45, 2.75) is 142 Å². The number of carboxylic acids is 1. The van der Waals surface area contributed by atoms with E-state index in [0.29, 0.717) is 12.8 Å². The van der Waals surface area contributed by atoms with Gasteiger partial charge in [-0.1, -0.05) is 115 Å². The lowest BCUT2D eigenvalue weighted by Gasteiger charge is -2.10. The van der Waals surface area contributed by atoms with Gasteiger partial charge in [0.2, 0.25) is 0 Å². The Balaban J connectivity index is 3.36. The van der Waals surface area contributed by atoms with Gasteiger partial charge in [0.25, 0.3) is 0 Å². The van der Waals surface area contributed by atoms with Gasteiger partial charge in [0.15, 0.2) is 6.10 Å². The van der Waals surface area contributed by atoms with Gasteiger partial charge in [0.05, 0.1) is 0 Å². The van der Waals surface area contributed by atoms with Crippen LogP contribution in [0.25, 0.3) is 0 Å². The van der Waals surface area contributed by atoms with E-state index in [-0.39, 0.29) is 0 Å². The number of rotatable bonds is 23. The summed E-state index contributed by atoms with van der Waals surface area (Å²) in [5.41, 5.74) is 0. The van der Waals surface area contributed by atoms with E-state index >= 15 is 0 Å². The Morgan fingerprint density at radius 3 is 1.50 bits per heavy atom. The molecule has 1 N–H and O–H groups in total. The maximum Gasteiger partial charge on any atom is 0.345 e. The van der Waals surface area contributed by atoms with Gasteiger partial charge >= 0.3 is 11.9 Å². The summed E-state index contributed by atoms with van der Waals surface area (Å²) in [6.07, 6.45) is 31.2. The van der Waals surface area contributed by atoms with Crippen LogP contribution in [-0.4, -0.2) is 23.1 Å². The van der Waals surface area contributed by atoms with Gasteiger partial charge in [-0.25, -0.2) is 4.79 Å². The van der Waals surface area contributed by atoms with Crippen LogP contribution in [0, 0.1) is 0 Å². The zero-order valence-electron chi connectivity index (χ0n) is 21.0. The van der Waals surface area contributed by atoms with E-state index in [9.17, 15) is 9.59 Å². The molecule has 0 unspecified atom stereocenters. The Morgan fingerprint density at radius 1 is 0.656 bits per heavy atom. The molecule has 0 heterocycles. The summed E-state index contributed by atoms with van der Waals surface area (Å²) >= 11 is 0. The number of unbranched alkanes of at least 4 members (excludes halogenated alkanes) is 15. The highest BCUT2D eigenvalue weighted by Gasteiger charge is 2.19. The van der Waals surface area contributed by atoms with E-state index < -0.39 is 18.0 Å². The lowest BCUT2D eigenvalue weighted by atomic mass is 10.0. The minimum Gasteiger partial charge on any atom is -0.479 e. The topological polar surface area (TPSA) is 63.6 Å². The quantitative estimate of drug-likeness (QED) is 0.0962. The fourth-order valence-electron chi connectivity index (χ4n) is 3.80. The minimum absolute atomic E-state index is 0.320. The van der Waals surface area contributed by atoms with Gasteiger partial charge in [-0.05, 0) is 38.5 Å². The number of allylic oxidation sites excluding steroid dienone is 4. The van der Waals surface area contributed by atoms with Crippen molar-refractivity contribution in [3.63, 3.8) is 0 Å². The van der Waals surface area contributed by atoms with Crippen LogP contribution in [0.15, 0.2) is 24.3 Å². The van der Waals surface area contributed by atoms with Gasteiger partial charge < -0.3 is 9.84 Å². The van der Waals surface area contributed by atoms with Crippen LogP contribution in [0.2, 0.25) is 0 Å². The number of esters is 1. The van der Waals surface area contributed by atoms with Crippen molar-refractivity contribution in [3.05, 3.63) is 24.3 Å². The molecule has 0 aromatic heterocycles. The van der Waals surface area contributed by atoms with Crippen LogP contribution in [0.4, 0.5) is 0 Å². The van der Waals surface area contributed by atoms with Gasteiger partial charge in [-0.15, -0.1) is 0 Å². The van der Waals surface area contributed by atoms with Crippen LogP contribution in [-0.2, 0) is 14.3 Å². The third-order valence-corrected chi connectivity index (χ3v) is 5.74. The number of ether oxygens (including phenoxy) is 1. The fraction of sp³-hybridized carbons (Fsp3) is 0.786. The number of aliphatic carboxylic acids is 1. The highest BCUT2D eigenvalue weighted by atomic mass is 16.6. The molecule has 0 aromatic rings. The Kier molecular flexibility index (Phi) is 22.9. The highest BCUT2D eigenvalue weighted by Crippen LogP contribution is 2.13. The van der Waals surface area contributed by atoms with Crippen LogP contribution >= 0.6 is 0 Å². The lowest BCUT2D eigenvalue weighted by Crippen LogP contribution is -2.25. The molecular formula is C28H50O4. The Bertz CT molecular complexity index is 496. The smallest absolute Gasteiger partial charge is 0.345 e. The largest absolute Gasteiger partial charge is 0.479 e. The molecule has 0 radical (unpaired) electrons. The summed E-state index contributed by atoms with van der Waals surface area (Å²) in [6, 6.07) is 0. The third kappa shape index (κ3) is 23.1. The monoisotopic (exact) mass is 450 g/mol. The molecule has 186 valence electrons. The molecule has 4 heteroatoms. The normalized spacial score (nSPS) is 12.6. The predicted molar refractivity (Wildman–Crippen MR) is 135 cm³/mol. The second kappa shape index (κ2) is 24.1. The molecule has 1 atom stereocenters. The molecule has 0 spiro atoms. The van der Waals surface area contributed by atoms with Crippen LogP contribution in [0.1, 0.15) is 136 Å². The van der Waals surface area contributed by atoms with Crippen LogP contribution < -0.4 is 0 Å². The molecule has 4 nitrogen and oxygen atoms in total. The fourth-order valence-corrected chi connectivity index (χ4v) is 3.80. The molecule has 0 fully saturated rings. The summed E-state index contributed by atoms with van der Waals surface area (Å²) in [5, 5.41) is 8.98. The van der Waals surface area contributed by atoms with Crippen molar-refractivity contribution in [1.29, 1.82) is 0 Å². The number of carboxylic acid groups (broad SMARTS) is 1. The van der Waals surface area contributed by atoms with Crippen molar-refractivity contribution < 1.29 is 19.4 Å². The lowest BCUT2D eigenvalue weighted by molar-refractivity contribution is -0.162.